The highest BCUT2D eigenvalue weighted by Crippen LogP contribution is 2.18. The summed E-state index contributed by atoms with van der Waals surface area (Å²) in [6.07, 6.45) is 0. The Morgan fingerprint density at radius 3 is 2.34 bits per heavy atom. The van der Waals surface area contributed by atoms with E-state index in [1.807, 2.05) is 77.4 Å². The molecule has 0 radical (unpaired) electrons. The van der Waals surface area contributed by atoms with Crippen LogP contribution in [0.1, 0.15) is 5.82 Å². The summed E-state index contributed by atoms with van der Waals surface area (Å²) in [5.74, 6) is 0.887. The summed E-state index contributed by atoms with van der Waals surface area (Å²) in [7, 11) is 1.75. The fourth-order valence-corrected chi connectivity index (χ4v) is 3.37. The van der Waals surface area contributed by atoms with E-state index < -0.39 is 0 Å². The number of hydrogen-bond acceptors (Lipinski definition) is 4. The number of para-hydroxylation sites is 4. The van der Waals surface area contributed by atoms with E-state index in [4.69, 9.17) is 4.74 Å². The van der Waals surface area contributed by atoms with E-state index in [0.717, 1.165) is 16.7 Å². The molecule has 32 heavy (non-hydrogen) atoms. The Labute approximate surface area is 186 Å². The van der Waals surface area contributed by atoms with E-state index in [1.165, 1.54) is 0 Å². The van der Waals surface area contributed by atoms with Gasteiger partial charge in [0.25, 0.3) is 5.91 Å². The Balaban J connectivity index is 1.46. The van der Waals surface area contributed by atoms with E-state index in [0.29, 0.717) is 11.6 Å². The third-order valence-electron chi connectivity index (χ3n) is 5.10. The summed E-state index contributed by atoms with van der Waals surface area (Å²) in [6, 6.07) is 26.2. The quantitative estimate of drug-likeness (QED) is 0.467. The maximum absolute atomic E-state index is 13.0. The zero-order valence-corrected chi connectivity index (χ0v) is 17.8. The highest BCUT2D eigenvalue weighted by molar-refractivity contribution is 5.93. The lowest BCUT2D eigenvalue weighted by Crippen LogP contribution is -2.32. The average molecular weight is 428 g/mol. The number of ether oxygens (including phenoxy) is 1. The van der Waals surface area contributed by atoms with Crippen molar-refractivity contribution in [3.05, 3.63) is 90.8 Å². The van der Waals surface area contributed by atoms with Crippen LogP contribution in [0.2, 0.25) is 0 Å². The van der Waals surface area contributed by atoms with Crippen molar-refractivity contribution in [2.24, 2.45) is 0 Å². The van der Waals surface area contributed by atoms with Gasteiger partial charge in [-0.2, -0.15) is 0 Å². The van der Waals surface area contributed by atoms with Crippen LogP contribution in [-0.2, 0) is 22.7 Å². The largest absolute Gasteiger partial charge is 0.484 e. The van der Waals surface area contributed by atoms with Gasteiger partial charge in [0.05, 0.1) is 17.6 Å². The Bertz CT molecular complexity index is 1210. The molecule has 1 heterocycles. The van der Waals surface area contributed by atoms with Gasteiger partial charge < -0.3 is 19.5 Å². The first kappa shape index (κ1) is 21.1. The van der Waals surface area contributed by atoms with Crippen molar-refractivity contribution in [2.75, 3.05) is 18.6 Å². The molecule has 2 amide bonds. The minimum atomic E-state index is -0.264. The molecule has 4 aromatic rings. The third kappa shape index (κ3) is 4.95. The van der Waals surface area contributed by atoms with E-state index in [1.54, 1.807) is 24.1 Å². The molecular formula is C25H24N4O3. The number of benzene rings is 3. The fourth-order valence-electron chi connectivity index (χ4n) is 3.37. The number of imidazole rings is 1. The van der Waals surface area contributed by atoms with Gasteiger partial charge >= 0.3 is 0 Å². The molecule has 3 aromatic carbocycles. The number of likely N-dealkylation sites (N-methyl/N-ethyl adjacent to an activating group) is 1. The van der Waals surface area contributed by atoms with Crippen LogP contribution in [0.3, 0.4) is 0 Å². The monoisotopic (exact) mass is 428 g/mol. The number of fused-ring (bicyclic) bond motifs is 1. The van der Waals surface area contributed by atoms with E-state index >= 15 is 0 Å². The summed E-state index contributed by atoms with van der Waals surface area (Å²) in [6.45, 7) is 0.200. The summed E-state index contributed by atoms with van der Waals surface area (Å²) in [4.78, 5) is 31.5. The van der Waals surface area contributed by atoms with Gasteiger partial charge in [-0.15, -0.1) is 0 Å². The van der Waals surface area contributed by atoms with Gasteiger partial charge in [-0.25, -0.2) is 4.98 Å². The van der Waals surface area contributed by atoms with E-state index in [9.17, 15) is 9.59 Å². The molecule has 162 valence electrons. The molecule has 1 aromatic heterocycles. The highest BCUT2D eigenvalue weighted by atomic mass is 16.5. The number of rotatable bonds is 8. The number of hydrogen-bond donors (Lipinski definition) is 1. The molecule has 4 rings (SSSR count). The molecule has 0 spiro atoms. The Hall–Kier alpha value is -4.13. The van der Waals surface area contributed by atoms with Crippen LogP contribution in [0.15, 0.2) is 84.9 Å². The first-order valence-electron chi connectivity index (χ1n) is 10.3. The molecule has 7 heteroatoms. The van der Waals surface area contributed by atoms with E-state index in [-0.39, 0.29) is 31.5 Å². The zero-order chi connectivity index (χ0) is 22.3. The van der Waals surface area contributed by atoms with Gasteiger partial charge in [0.1, 0.15) is 18.1 Å². The van der Waals surface area contributed by atoms with Crippen LogP contribution in [-0.4, -0.2) is 35.0 Å². The summed E-state index contributed by atoms with van der Waals surface area (Å²) < 4.78 is 7.33. The molecule has 0 saturated carbocycles. The number of nitrogens with one attached hydrogen (secondary N) is 1. The summed E-state index contributed by atoms with van der Waals surface area (Å²) in [5.41, 5.74) is 2.43. The molecular weight excluding hydrogens is 404 g/mol. The second kappa shape index (κ2) is 9.78. The van der Waals surface area contributed by atoms with Gasteiger partial charge in [0.15, 0.2) is 6.61 Å². The number of carbonyl (C=O) groups is 2. The SMILES string of the molecule is CN(C(=O)Cn1c(CNC(=O)COc2ccccc2)nc2ccccc21)c1ccccc1. The van der Waals surface area contributed by atoms with Gasteiger partial charge in [-0.1, -0.05) is 48.5 Å². The van der Waals surface area contributed by atoms with Crippen molar-refractivity contribution >= 4 is 28.5 Å². The molecule has 0 atom stereocenters. The smallest absolute Gasteiger partial charge is 0.258 e. The molecule has 0 bridgehead atoms. The maximum Gasteiger partial charge on any atom is 0.258 e. The maximum atomic E-state index is 13.0. The summed E-state index contributed by atoms with van der Waals surface area (Å²) >= 11 is 0. The minimum Gasteiger partial charge on any atom is -0.484 e. The Morgan fingerprint density at radius 1 is 0.938 bits per heavy atom. The normalized spacial score (nSPS) is 10.7. The Morgan fingerprint density at radius 2 is 1.59 bits per heavy atom. The number of aromatic nitrogens is 2. The predicted molar refractivity (Wildman–Crippen MR) is 123 cm³/mol. The van der Waals surface area contributed by atoms with Crippen LogP contribution < -0.4 is 15.0 Å². The van der Waals surface area contributed by atoms with Crippen LogP contribution in [0.5, 0.6) is 5.75 Å². The van der Waals surface area contributed by atoms with Crippen LogP contribution in [0.25, 0.3) is 11.0 Å². The van der Waals surface area contributed by atoms with Gasteiger partial charge in [0, 0.05) is 12.7 Å². The van der Waals surface area contributed by atoms with Crippen LogP contribution in [0.4, 0.5) is 5.69 Å². The topological polar surface area (TPSA) is 76.5 Å². The molecule has 7 nitrogen and oxygen atoms in total. The van der Waals surface area contributed by atoms with Gasteiger partial charge in [0.2, 0.25) is 5.91 Å². The fraction of sp³-hybridized carbons (Fsp3) is 0.160. The standard InChI is InChI=1S/C25H24N4O3/c1-28(19-10-4-2-5-11-19)25(31)17-29-22-15-9-8-14-21(22)27-23(29)16-26-24(30)18-32-20-12-6-3-7-13-20/h2-15H,16-18H2,1H3,(H,26,30). The zero-order valence-electron chi connectivity index (χ0n) is 17.8. The predicted octanol–water partition coefficient (Wildman–Crippen LogP) is 3.39. The van der Waals surface area contributed by atoms with Crippen molar-refractivity contribution in [2.45, 2.75) is 13.1 Å². The lowest BCUT2D eigenvalue weighted by atomic mass is 10.3. The van der Waals surface area contributed by atoms with Gasteiger partial charge in [-0.05, 0) is 36.4 Å². The second-order valence-corrected chi connectivity index (χ2v) is 7.27. The second-order valence-electron chi connectivity index (χ2n) is 7.27. The minimum absolute atomic E-state index is 0.0839. The number of amides is 2. The molecule has 0 fully saturated rings. The molecule has 0 aliphatic carbocycles. The molecule has 0 saturated heterocycles. The average Bonchev–Trinajstić information content (AvgIpc) is 3.19. The number of nitrogens with zero attached hydrogens (tertiary/aromatic N) is 3. The van der Waals surface area contributed by atoms with Crippen molar-refractivity contribution in [1.29, 1.82) is 0 Å². The first-order chi connectivity index (χ1) is 15.6. The van der Waals surface area contributed by atoms with Gasteiger partial charge in [-0.3, -0.25) is 9.59 Å². The van der Waals surface area contributed by atoms with Crippen LogP contribution in [0, 0.1) is 0 Å². The van der Waals surface area contributed by atoms with Crippen molar-refractivity contribution in [3.63, 3.8) is 0 Å². The summed E-state index contributed by atoms with van der Waals surface area (Å²) in [5, 5.41) is 2.83. The Kier molecular flexibility index (Phi) is 6.46. The molecule has 1 N–H and O–H groups in total. The van der Waals surface area contributed by atoms with E-state index in [2.05, 4.69) is 10.3 Å². The van der Waals surface area contributed by atoms with Crippen molar-refractivity contribution in [3.8, 4) is 5.75 Å². The number of carbonyl (C=O) groups excluding carboxylic acids is 2. The highest BCUT2D eigenvalue weighted by Gasteiger charge is 2.17. The molecule has 0 aliphatic rings. The van der Waals surface area contributed by atoms with Crippen LogP contribution >= 0.6 is 0 Å². The van der Waals surface area contributed by atoms with Crippen molar-refractivity contribution < 1.29 is 14.3 Å². The molecule has 0 aliphatic heterocycles. The lowest BCUT2D eigenvalue weighted by Gasteiger charge is -2.19. The first-order valence-corrected chi connectivity index (χ1v) is 10.3. The molecule has 0 unspecified atom stereocenters. The lowest BCUT2D eigenvalue weighted by molar-refractivity contribution is -0.123. The van der Waals surface area contributed by atoms with Crippen molar-refractivity contribution in [1.82, 2.24) is 14.9 Å². The number of anilines is 1. The third-order valence-corrected chi connectivity index (χ3v) is 5.10.